The fourth-order valence-corrected chi connectivity index (χ4v) is 4.87. The number of para-hydroxylation sites is 1. The molecule has 1 aromatic carbocycles. The molecule has 170 valence electrons. The van der Waals surface area contributed by atoms with Gasteiger partial charge in [-0.1, -0.05) is 39.0 Å². The number of imide groups is 1. The molecule has 2 N–H and O–H groups in total. The summed E-state index contributed by atoms with van der Waals surface area (Å²) in [7, 11) is 1.67. The fraction of sp³-hybridized carbons (Fsp3) is 0.478. The number of aryl methyl sites for hydroxylation is 1. The van der Waals surface area contributed by atoms with Gasteiger partial charge in [0.15, 0.2) is 0 Å². The maximum Gasteiger partial charge on any atom is 0.407 e. The normalized spacial score (nSPS) is 22.1. The molecule has 4 rings (SSSR count). The number of imidazole rings is 1. The molecule has 9 heteroatoms. The Balaban J connectivity index is 1.84. The number of hydrogen-bond donors (Lipinski definition) is 2. The minimum absolute atomic E-state index is 0.183. The molecule has 32 heavy (non-hydrogen) atoms. The Kier molecular flexibility index (Phi) is 5.22. The predicted molar refractivity (Wildman–Crippen MR) is 119 cm³/mol. The molecule has 1 aromatic heterocycles. The van der Waals surface area contributed by atoms with Crippen LogP contribution in [0.5, 0.6) is 0 Å². The molecule has 1 fully saturated rings. The van der Waals surface area contributed by atoms with Crippen molar-refractivity contribution in [2.75, 3.05) is 6.54 Å². The van der Waals surface area contributed by atoms with Gasteiger partial charge in [-0.2, -0.15) is 0 Å². The Hall–Kier alpha value is -3.36. The lowest BCUT2D eigenvalue weighted by molar-refractivity contribution is -0.135. The molecule has 0 aliphatic carbocycles. The van der Waals surface area contributed by atoms with Crippen LogP contribution in [0.3, 0.4) is 0 Å². The van der Waals surface area contributed by atoms with Crippen LogP contribution < -0.4 is 11.0 Å². The van der Waals surface area contributed by atoms with Crippen molar-refractivity contribution < 1.29 is 19.5 Å². The number of piperidine rings is 1. The summed E-state index contributed by atoms with van der Waals surface area (Å²) in [6, 6.07) is 4.61. The highest BCUT2D eigenvalue weighted by Crippen LogP contribution is 2.38. The summed E-state index contributed by atoms with van der Waals surface area (Å²) in [5.74, 6) is -0.799. The average Bonchev–Trinajstić information content (AvgIpc) is 2.98. The Morgan fingerprint density at radius 3 is 2.53 bits per heavy atom. The van der Waals surface area contributed by atoms with Crippen molar-refractivity contribution in [1.29, 1.82) is 0 Å². The van der Waals surface area contributed by atoms with E-state index in [4.69, 9.17) is 0 Å². The first-order chi connectivity index (χ1) is 15.0. The maximum absolute atomic E-state index is 13.2. The zero-order valence-electron chi connectivity index (χ0n) is 18.7. The second-order valence-electron chi connectivity index (χ2n) is 9.60. The van der Waals surface area contributed by atoms with Crippen LogP contribution in [-0.4, -0.2) is 49.6 Å². The third-order valence-electron chi connectivity index (χ3n) is 6.54. The number of carbonyl (C=O) groups is 3. The van der Waals surface area contributed by atoms with Crippen molar-refractivity contribution in [3.8, 4) is 0 Å². The number of fused-ring (bicyclic) bond motifs is 1. The Bertz CT molecular complexity index is 1210. The molecule has 3 amide bonds. The number of carbonyl (C=O) groups excluding carboxylic acids is 2. The summed E-state index contributed by atoms with van der Waals surface area (Å²) in [5.41, 5.74) is 2.56. The van der Waals surface area contributed by atoms with Crippen molar-refractivity contribution in [3.05, 3.63) is 40.3 Å². The molecule has 2 aliphatic heterocycles. The Labute approximate surface area is 185 Å². The summed E-state index contributed by atoms with van der Waals surface area (Å²) in [5, 5.41) is 12.0. The van der Waals surface area contributed by atoms with E-state index in [2.05, 4.69) is 5.32 Å². The molecule has 2 atom stereocenters. The summed E-state index contributed by atoms with van der Waals surface area (Å²) >= 11 is 0. The Morgan fingerprint density at radius 2 is 1.91 bits per heavy atom. The van der Waals surface area contributed by atoms with E-state index in [0.29, 0.717) is 17.5 Å². The van der Waals surface area contributed by atoms with Gasteiger partial charge in [0.2, 0.25) is 11.8 Å². The van der Waals surface area contributed by atoms with Gasteiger partial charge >= 0.3 is 11.8 Å². The van der Waals surface area contributed by atoms with E-state index in [-0.39, 0.29) is 42.4 Å². The summed E-state index contributed by atoms with van der Waals surface area (Å²) in [6.07, 6.45) is 1.93. The van der Waals surface area contributed by atoms with Gasteiger partial charge in [-0.15, -0.1) is 0 Å². The van der Waals surface area contributed by atoms with Crippen LogP contribution in [0, 0.1) is 5.41 Å². The van der Waals surface area contributed by atoms with Crippen LogP contribution in [0.2, 0.25) is 0 Å². The van der Waals surface area contributed by atoms with E-state index in [1.165, 1.54) is 14.0 Å². The molecule has 2 aromatic rings. The van der Waals surface area contributed by atoms with E-state index in [9.17, 15) is 24.3 Å². The van der Waals surface area contributed by atoms with E-state index in [0.717, 1.165) is 11.1 Å². The number of rotatable bonds is 2. The average molecular weight is 441 g/mol. The topological polar surface area (TPSA) is 114 Å². The van der Waals surface area contributed by atoms with Gasteiger partial charge in [-0.25, -0.2) is 9.59 Å². The molecule has 3 heterocycles. The molecule has 2 unspecified atom stereocenters. The lowest BCUT2D eigenvalue weighted by Gasteiger charge is -2.41. The number of nitrogens with zero attached hydrogens (tertiary/aromatic N) is 3. The first kappa shape index (κ1) is 21.9. The number of aromatic nitrogens is 2. The van der Waals surface area contributed by atoms with E-state index in [1.807, 2.05) is 39.0 Å². The van der Waals surface area contributed by atoms with Gasteiger partial charge in [0.25, 0.3) is 0 Å². The molecular weight excluding hydrogens is 412 g/mol. The largest absolute Gasteiger partial charge is 0.465 e. The van der Waals surface area contributed by atoms with Crippen molar-refractivity contribution in [2.45, 2.75) is 52.1 Å². The molecule has 9 nitrogen and oxygen atoms in total. The predicted octanol–water partition coefficient (Wildman–Crippen LogP) is 2.50. The van der Waals surface area contributed by atoms with Crippen LogP contribution in [0.1, 0.15) is 51.6 Å². The highest BCUT2D eigenvalue weighted by atomic mass is 16.4. The maximum atomic E-state index is 13.2. The first-order valence-corrected chi connectivity index (χ1v) is 10.7. The van der Waals surface area contributed by atoms with Gasteiger partial charge in [-0.3, -0.25) is 24.0 Å². The number of hydrogen-bond acceptors (Lipinski definition) is 4. The molecule has 0 radical (unpaired) electrons. The quantitative estimate of drug-likeness (QED) is 0.697. The van der Waals surface area contributed by atoms with Crippen molar-refractivity contribution in [2.24, 2.45) is 12.5 Å². The molecular formula is C23H28N4O5. The minimum atomic E-state index is -0.949. The fourth-order valence-electron chi connectivity index (χ4n) is 4.87. The van der Waals surface area contributed by atoms with Gasteiger partial charge in [-0.05, 0) is 29.9 Å². The third kappa shape index (κ3) is 3.51. The lowest BCUT2D eigenvalue weighted by atomic mass is 9.79. The zero-order chi connectivity index (χ0) is 23.4. The summed E-state index contributed by atoms with van der Waals surface area (Å²) in [4.78, 5) is 50.5. The van der Waals surface area contributed by atoms with E-state index >= 15 is 0 Å². The molecule has 0 spiro atoms. The number of benzene rings is 1. The van der Waals surface area contributed by atoms with Gasteiger partial charge < -0.3 is 10.0 Å². The second-order valence-corrected chi connectivity index (χ2v) is 9.60. The smallest absolute Gasteiger partial charge is 0.407 e. The number of amides is 3. The first-order valence-electron chi connectivity index (χ1n) is 10.7. The summed E-state index contributed by atoms with van der Waals surface area (Å²) in [6.45, 7) is 6.33. The molecule has 0 saturated carbocycles. The van der Waals surface area contributed by atoms with Crippen LogP contribution in [0.4, 0.5) is 4.79 Å². The highest BCUT2D eigenvalue weighted by molar-refractivity contribution is 6.00. The Morgan fingerprint density at radius 1 is 1.19 bits per heavy atom. The van der Waals surface area contributed by atoms with Crippen LogP contribution in [-0.2, 0) is 16.6 Å². The minimum Gasteiger partial charge on any atom is -0.465 e. The highest BCUT2D eigenvalue weighted by Gasteiger charge is 2.37. The van der Waals surface area contributed by atoms with Crippen LogP contribution in [0.25, 0.3) is 16.6 Å². The van der Waals surface area contributed by atoms with Crippen LogP contribution in [0.15, 0.2) is 29.1 Å². The van der Waals surface area contributed by atoms with E-state index < -0.39 is 18.0 Å². The number of nitrogens with one attached hydrogen (secondary N) is 1. The standard InChI is InChI=1S/C23H28N4O5/c1-23(2,3)17-12-13(10-11-26(17)22(31)32)14-6-5-7-15-19(14)25(4)21(30)27(15)16-8-9-18(28)24-20(16)29/h5-7,10,16-17H,8-9,11-12H2,1-4H3,(H,31,32)(H,24,28,29). The van der Waals surface area contributed by atoms with Gasteiger partial charge in [0.05, 0.1) is 11.0 Å². The van der Waals surface area contributed by atoms with Crippen molar-refractivity contribution in [3.63, 3.8) is 0 Å². The SMILES string of the molecule is Cn1c(=O)n(C2CCC(=O)NC2=O)c2cccc(C3=CCN(C(=O)O)C(C(C)(C)C)C3)c21. The zero-order valence-corrected chi connectivity index (χ0v) is 18.7. The number of carboxylic acid groups (broad SMARTS) is 1. The van der Waals surface area contributed by atoms with Crippen molar-refractivity contribution >= 4 is 34.5 Å². The second kappa shape index (κ2) is 7.65. The lowest BCUT2D eigenvalue weighted by Crippen LogP contribution is -2.48. The van der Waals surface area contributed by atoms with Crippen molar-refractivity contribution in [1.82, 2.24) is 19.4 Å². The molecule has 0 bridgehead atoms. The monoisotopic (exact) mass is 440 g/mol. The molecule has 1 saturated heterocycles. The van der Waals surface area contributed by atoms with Gasteiger partial charge in [0.1, 0.15) is 6.04 Å². The van der Waals surface area contributed by atoms with Gasteiger partial charge in [0, 0.05) is 31.6 Å². The van der Waals surface area contributed by atoms with Crippen LogP contribution >= 0.6 is 0 Å². The molecule has 2 aliphatic rings. The van der Waals surface area contributed by atoms with E-state index in [1.54, 1.807) is 13.1 Å². The summed E-state index contributed by atoms with van der Waals surface area (Å²) < 4.78 is 3.00. The third-order valence-corrected chi connectivity index (χ3v) is 6.54.